The van der Waals surface area contributed by atoms with Gasteiger partial charge in [-0.1, -0.05) is 37.3 Å². The zero-order valence-corrected chi connectivity index (χ0v) is 11.8. The van der Waals surface area contributed by atoms with E-state index in [0.29, 0.717) is 6.04 Å². The summed E-state index contributed by atoms with van der Waals surface area (Å²) in [6.45, 7) is 9.86. The number of ether oxygens (including phenoxy) is 1. The lowest BCUT2D eigenvalue weighted by molar-refractivity contribution is 0.0940. The Bertz CT molecular complexity index is 316. The average molecular weight is 250 g/mol. The molecule has 0 aliphatic rings. The van der Waals surface area contributed by atoms with Crippen LogP contribution in [0.5, 0.6) is 0 Å². The second-order valence-corrected chi connectivity index (χ2v) is 4.50. The molecular weight excluding hydrogens is 224 g/mol. The molecular formula is C15H26N2O. The molecule has 0 aromatic heterocycles. The first-order chi connectivity index (χ1) is 8.70. The summed E-state index contributed by atoms with van der Waals surface area (Å²) in [5, 5.41) is 0. The van der Waals surface area contributed by atoms with E-state index >= 15 is 0 Å². The smallest absolute Gasteiger partial charge is 0.0593 e. The van der Waals surface area contributed by atoms with Gasteiger partial charge >= 0.3 is 0 Å². The number of hydrogen-bond acceptors (Lipinski definition) is 3. The number of benzene rings is 1. The van der Waals surface area contributed by atoms with Gasteiger partial charge in [0.25, 0.3) is 0 Å². The SMILES string of the molecule is CCOCCN(CC)C(C)C(N)c1ccccc1. The summed E-state index contributed by atoms with van der Waals surface area (Å²) >= 11 is 0. The van der Waals surface area contributed by atoms with E-state index in [2.05, 4.69) is 30.9 Å². The second kappa shape index (κ2) is 8.25. The number of nitrogens with zero attached hydrogens (tertiary/aromatic N) is 1. The van der Waals surface area contributed by atoms with Gasteiger partial charge in [0, 0.05) is 25.2 Å². The van der Waals surface area contributed by atoms with E-state index in [4.69, 9.17) is 10.5 Å². The predicted molar refractivity (Wildman–Crippen MR) is 76.6 cm³/mol. The van der Waals surface area contributed by atoms with Gasteiger partial charge in [-0.25, -0.2) is 0 Å². The first-order valence-electron chi connectivity index (χ1n) is 6.83. The Morgan fingerprint density at radius 2 is 1.89 bits per heavy atom. The molecule has 3 heteroatoms. The molecule has 1 aromatic rings. The summed E-state index contributed by atoms with van der Waals surface area (Å²) in [6, 6.07) is 10.7. The van der Waals surface area contributed by atoms with Gasteiger partial charge in [0.05, 0.1) is 6.61 Å². The standard InChI is InChI=1S/C15H26N2O/c1-4-17(11-12-18-5-2)13(3)15(16)14-9-7-6-8-10-14/h6-10,13,15H,4-5,11-12,16H2,1-3H3. The summed E-state index contributed by atoms with van der Waals surface area (Å²) in [6.07, 6.45) is 0. The van der Waals surface area contributed by atoms with Crippen LogP contribution < -0.4 is 5.73 Å². The van der Waals surface area contributed by atoms with Crippen molar-refractivity contribution in [3.05, 3.63) is 35.9 Å². The normalized spacial score (nSPS) is 14.7. The summed E-state index contributed by atoms with van der Waals surface area (Å²) in [5.74, 6) is 0. The minimum atomic E-state index is 0.0489. The van der Waals surface area contributed by atoms with E-state index in [9.17, 15) is 0 Å². The molecule has 0 spiro atoms. The first kappa shape index (κ1) is 15.2. The Labute approximate surface area is 111 Å². The number of hydrogen-bond donors (Lipinski definition) is 1. The second-order valence-electron chi connectivity index (χ2n) is 4.50. The van der Waals surface area contributed by atoms with Crippen LogP contribution in [0.1, 0.15) is 32.4 Å². The fourth-order valence-corrected chi connectivity index (χ4v) is 2.16. The van der Waals surface area contributed by atoms with Crippen molar-refractivity contribution < 1.29 is 4.74 Å². The fraction of sp³-hybridized carbons (Fsp3) is 0.600. The molecule has 0 aliphatic heterocycles. The van der Waals surface area contributed by atoms with Crippen LogP contribution >= 0.6 is 0 Å². The van der Waals surface area contributed by atoms with E-state index in [-0.39, 0.29) is 6.04 Å². The monoisotopic (exact) mass is 250 g/mol. The zero-order chi connectivity index (χ0) is 13.4. The van der Waals surface area contributed by atoms with Crippen molar-refractivity contribution >= 4 is 0 Å². The molecule has 0 radical (unpaired) electrons. The van der Waals surface area contributed by atoms with Gasteiger partial charge in [-0.3, -0.25) is 4.90 Å². The predicted octanol–water partition coefficient (Wildman–Crippen LogP) is 2.43. The van der Waals surface area contributed by atoms with Gasteiger partial charge in [0.1, 0.15) is 0 Å². The quantitative estimate of drug-likeness (QED) is 0.720. The summed E-state index contributed by atoms with van der Waals surface area (Å²) < 4.78 is 5.42. The topological polar surface area (TPSA) is 38.5 Å². The number of likely N-dealkylation sites (N-methyl/N-ethyl adjacent to an activating group) is 1. The van der Waals surface area contributed by atoms with Crippen LogP contribution in [-0.4, -0.2) is 37.2 Å². The number of rotatable bonds is 8. The molecule has 1 rings (SSSR count). The van der Waals surface area contributed by atoms with Gasteiger partial charge in [-0.05, 0) is 26.0 Å². The minimum absolute atomic E-state index is 0.0489. The van der Waals surface area contributed by atoms with Crippen molar-refractivity contribution in [1.29, 1.82) is 0 Å². The molecule has 102 valence electrons. The Balaban J connectivity index is 2.57. The third kappa shape index (κ3) is 4.41. The van der Waals surface area contributed by atoms with Crippen LogP contribution in [-0.2, 0) is 4.74 Å². The van der Waals surface area contributed by atoms with E-state index < -0.39 is 0 Å². The third-order valence-electron chi connectivity index (χ3n) is 3.41. The van der Waals surface area contributed by atoms with Crippen LogP contribution in [0, 0.1) is 0 Å². The van der Waals surface area contributed by atoms with Crippen molar-refractivity contribution in [1.82, 2.24) is 4.90 Å². The summed E-state index contributed by atoms with van der Waals surface area (Å²) in [4.78, 5) is 2.37. The molecule has 3 nitrogen and oxygen atoms in total. The molecule has 0 fully saturated rings. The molecule has 0 saturated heterocycles. The molecule has 2 unspecified atom stereocenters. The van der Waals surface area contributed by atoms with Crippen molar-refractivity contribution in [3.63, 3.8) is 0 Å². The lowest BCUT2D eigenvalue weighted by Gasteiger charge is -2.32. The summed E-state index contributed by atoms with van der Waals surface area (Å²) in [7, 11) is 0. The van der Waals surface area contributed by atoms with Gasteiger partial charge in [0.2, 0.25) is 0 Å². The van der Waals surface area contributed by atoms with Crippen LogP contribution in [0.3, 0.4) is 0 Å². The van der Waals surface area contributed by atoms with E-state index in [1.54, 1.807) is 0 Å². The molecule has 1 aromatic carbocycles. The highest BCUT2D eigenvalue weighted by molar-refractivity contribution is 5.19. The highest BCUT2D eigenvalue weighted by Gasteiger charge is 2.20. The largest absolute Gasteiger partial charge is 0.380 e. The minimum Gasteiger partial charge on any atom is -0.380 e. The molecule has 2 N–H and O–H groups in total. The van der Waals surface area contributed by atoms with E-state index in [1.807, 2.05) is 25.1 Å². The van der Waals surface area contributed by atoms with Crippen molar-refractivity contribution in [2.24, 2.45) is 5.73 Å². The molecule has 2 atom stereocenters. The first-order valence-corrected chi connectivity index (χ1v) is 6.83. The summed E-state index contributed by atoms with van der Waals surface area (Å²) in [5.41, 5.74) is 7.53. The van der Waals surface area contributed by atoms with Gasteiger partial charge in [-0.2, -0.15) is 0 Å². The maximum absolute atomic E-state index is 6.34. The molecule has 0 bridgehead atoms. The van der Waals surface area contributed by atoms with Gasteiger partial charge < -0.3 is 10.5 Å². The van der Waals surface area contributed by atoms with Crippen LogP contribution in [0.4, 0.5) is 0 Å². The molecule has 0 aliphatic carbocycles. The Morgan fingerprint density at radius 1 is 1.22 bits per heavy atom. The molecule has 0 saturated carbocycles. The van der Waals surface area contributed by atoms with E-state index in [0.717, 1.165) is 26.3 Å². The fourth-order valence-electron chi connectivity index (χ4n) is 2.16. The van der Waals surface area contributed by atoms with E-state index in [1.165, 1.54) is 5.56 Å². The molecule has 0 amide bonds. The zero-order valence-electron chi connectivity index (χ0n) is 11.8. The van der Waals surface area contributed by atoms with Crippen LogP contribution in [0.2, 0.25) is 0 Å². The third-order valence-corrected chi connectivity index (χ3v) is 3.41. The molecule has 0 heterocycles. The Hall–Kier alpha value is -0.900. The highest BCUT2D eigenvalue weighted by Crippen LogP contribution is 2.17. The Morgan fingerprint density at radius 3 is 2.44 bits per heavy atom. The maximum Gasteiger partial charge on any atom is 0.0593 e. The number of nitrogens with two attached hydrogens (primary N) is 1. The highest BCUT2D eigenvalue weighted by atomic mass is 16.5. The van der Waals surface area contributed by atoms with Crippen molar-refractivity contribution in [2.45, 2.75) is 32.9 Å². The van der Waals surface area contributed by atoms with Crippen LogP contribution in [0.25, 0.3) is 0 Å². The maximum atomic E-state index is 6.34. The lowest BCUT2D eigenvalue weighted by atomic mass is 10.0. The average Bonchev–Trinajstić information content (AvgIpc) is 2.43. The van der Waals surface area contributed by atoms with Crippen molar-refractivity contribution in [2.75, 3.05) is 26.3 Å². The van der Waals surface area contributed by atoms with Gasteiger partial charge in [0.15, 0.2) is 0 Å². The molecule has 18 heavy (non-hydrogen) atoms. The Kier molecular flexibility index (Phi) is 6.94. The van der Waals surface area contributed by atoms with Crippen molar-refractivity contribution in [3.8, 4) is 0 Å². The lowest BCUT2D eigenvalue weighted by Crippen LogP contribution is -2.42. The van der Waals surface area contributed by atoms with Gasteiger partial charge in [-0.15, -0.1) is 0 Å². The van der Waals surface area contributed by atoms with Crippen LogP contribution in [0.15, 0.2) is 30.3 Å².